The molecule has 1 unspecified atom stereocenters. The third kappa shape index (κ3) is 4.41. The molecule has 1 heterocycles. The maximum absolute atomic E-state index is 5.97. The Bertz CT molecular complexity index is 282. The summed E-state index contributed by atoms with van der Waals surface area (Å²) in [6, 6.07) is 5.28. The summed E-state index contributed by atoms with van der Waals surface area (Å²) < 4.78 is 0. The van der Waals surface area contributed by atoms with Gasteiger partial charge in [-0.1, -0.05) is 25.8 Å². The highest BCUT2D eigenvalue weighted by Gasteiger charge is 2.21. The lowest BCUT2D eigenvalue weighted by Gasteiger charge is -2.33. The van der Waals surface area contributed by atoms with Crippen LogP contribution in [-0.4, -0.2) is 24.0 Å². The first-order valence-electron chi connectivity index (χ1n) is 6.69. The molecule has 98 valence electrons. The van der Waals surface area contributed by atoms with Gasteiger partial charge in [0.1, 0.15) is 0 Å². The van der Waals surface area contributed by atoms with Crippen molar-refractivity contribution in [1.29, 1.82) is 0 Å². The van der Waals surface area contributed by atoms with E-state index < -0.39 is 0 Å². The summed E-state index contributed by atoms with van der Waals surface area (Å²) in [4.78, 5) is 3.94. The van der Waals surface area contributed by atoms with Crippen molar-refractivity contribution in [3.8, 4) is 0 Å². The zero-order chi connectivity index (χ0) is 12.7. The molecule has 1 atom stereocenters. The molecule has 2 nitrogen and oxygen atoms in total. The van der Waals surface area contributed by atoms with E-state index >= 15 is 0 Å². The lowest BCUT2D eigenvalue weighted by molar-refractivity contribution is 0.156. The van der Waals surface area contributed by atoms with Crippen molar-refractivity contribution < 1.29 is 0 Å². The van der Waals surface area contributed by atoms with Gasteiger partial charge in [0.2, 0.25) is 0 Å². The van der Waals surface area contributed by atoms with E-state index in [-0.39, 0.29) is 0 Å². The fourth-order valence-electron chi connectivity index (χ4n) is 2.21. The lowest BCUT2D eigenvalue weighted by atomic mass is 10.1. The molecule has 0 spiro atoms. The second-order valence-corrected chi connectivity index (χ2v) is 5.78. The largest absolute Gasteiger partial charge is 0.329 e. The van der Waals surface area contributed by atoms with Crippen molar-refractivity contribution in [2.75, 3.05) is 13.1 Å². The van der Waals surface area contributed by atoms with E-state index in [1.165, 1.54) is 24.1 Å². The standard InChI is InChI=1S/C14H26N2S/c1-4-5-6-9-16(12(2)3)13(11-15)14-8-7-10-17-14/h7-8,10,12-13H,4-6,9,11,15H2,1-3H3. The topological polar surface area (TPSA) is 29.3 Å². The van der Waals surface area contributed by atoms with Gasteiger partial charge in [-0.25, -0.2) is 0 Å². The molecule has 0 saturated heterocycles. The number of rotatable bonds is 8. The quantitative estimate of drug-likeness (QED) is 0.718. The number of hydrogen-bond donors (Lipinski definition) is 1. The van der Waals surface area contributed by atoms with Crippen LogP contribution in [0.1, 0.15) is 51.0 Å². The third-order valence-electron chi connectivity index (χ3n) is 3.18. The maximum atomic E-state index is 5.97. The van der Waals surface area contributed by atoms with Gasteiger partial charge in [0.05, 0.1) is 6.04 Å². The fraction of sp³-hybridized carbons (Fsp3) is 0.714. The second-order valence-electron chi connectivity index (χ2n) is 4.81. The van der Waals surface area contributed by atoms with E-state index in [0.717, 1.165) is 6.54 Å². The maximum Gasteiger partial charge on any atom is 0.0566 e. The minimum Gasteiger partial charge on any atom is -0.329 e. The van der Waals surface area contributed by atoms with Crippen molar-refractivity contribution in [2.45, 2.75) is 52.1 Å². The molecule has 0 radical (unpaired) electrons. The van der Waals surface area contributed by atoms with Crippen LogP contribution in [0.4, 0.5) is 0 Å². The van der Waals surface area contributed by atoms with Crippen LogP contribution in [0.5, 0.6) is 0 Å². The Morgan fingerprint density at radius 2 is 2.12 bits per heavy atom. The number of nitrogens with zero attached hydrogens (tertiary/aromatic N) is 1. The minimum absolute atomic E-state index is 0.395. The van der Waals surface area contributed by atoms with Crippen LogP contribution in [0.25, 0.3) is 0 Å². The summed E-state index contributed by atoms with van der Waals surface area (Å²) in [5.74, 6) is 0. The predicted octanol–water partition coefficient (Wildman–Crippen LogP) is 3.65. The van der Waals surface area contributed by atoms with Gasteiger partial charge in [-0.3, -0.25) is 4.90 Å². The summed E-state index contributed by atoms with van der Waals surface area (Å²) in [5.41, 5.74) is 5.97. The molecule has 2 N–H and O–H groups in total. The first-order chi connectivity index (χ1) is 8.20. The summed E-state index contributed by atoms with van der Waals surface area (Å²) in [7, 11) is 0. The van der Waals surface area contributed by atoms with Crippen molar-refractivity contribution in [3.63, 3.8) is 0 Å². The van der Waals surface area contributed by atoms with E-state index in [1.54, 1.807) is 0 Å². The number of nitrogens with two attached hydrogens (primary N) is 1. The molecule has 0 aromatic carbocycles. The van der Waals surface area contributed by atoms with E-state index in [9.17, 15) is 0 Å². The Labute approximate surface area is 110 Å². The number of unbranched alkanes of at least 4 members (excludes halogenated alkanes) is 2. The molecular formula is C14H26N2S. The molecule has 0 saturated carbocycles. The molecule has 1 aromatic heterocycles. The molecule has 0 bridgehead atoms. The van der Waals surface area contributed by atoms with Crippen LogP contribution >= 0.6 is 11.3 Å². The van der Waals surface area contributed by atoms with Gasteiger partial charge in [-0.15, -0.1) is 11.3 Å². The summed E-state index contributed by atoms with van der Waals surface area (Å²) >= 11 is 1.82. The van der Waals surface area contributed by atoms with Gasteiger partial charge in [0.15, 0.2) is 0 Å². The molecule has 0 aliphatic heterocycles. The zero-order valence-corrected chi connectivity index (χ0v) is 12.2. The van der Waals surface area contributed by atoms with Crippen molar-refractivity contribution in [2.24, 2.45) is 5.73 Å². The number of thiophene rings is 1. The second kappa shape index (κ2) is 7.85. The minimum atomic E-state index is 0.395. The molecule has 0 fully saturated rings. The molecule has 0 amide bonds. The average Bonchev–Trinajstić information content (AvgIpc) is 2.81. The molecule has 17 heavy (non-hydrogen) atoms. The van der Waals surface area contributed by atoms with Crippen LogP contribution in [0.2, 0.25) is 0 Å². The van der Waals surface area contributed by atoms with Gasteiger partial charge < -0.3 is 5.73 Å². The molecule has 3 heteroatoms. The van der Waals surface area contributed by atoms with Crippen LogP contribution < -0.4 is 5.73 Å². The highest BCUT2D eigenvalue weighted by atomic mass is 32.1. The highest BCUT2D eigenvalue weighted by Crippen LogP contribution is 2.26. The molecule has 1 rings (SSSR count). The van der Waals surface area contributed by atoms with Crippen molar-refractivity contribution >= 4 is 11.3 Å². The van der Waals surface area contributed by atoms with Gasteiger partial charge >= 0.3 is 0 Å². The monoisotopic (exact) mass is 254 g/mol. The Balaban J connectivity index is 2.66. The van der Waals surface area contributed by atoms with Crippen LogP contribution in [0.15, 0.2) is 17.5 Å². The van der Waals surface area contributed by atoms with E-state index in [1.807, 2.05) is 11.3 Å². The van der Waals surface area contributed by atoms with Gasteiger partial charge in [0.25, 0.3) is 0 Å². The summed E-state index contributed by atoms with van der Waals surface area (Å²) in [6.07, 6.45) is 3.86. The van der Waals surface area contributed by atoms with Crippen LogP contribution in [0.3, 0.4) is 0 Å². The Hall–Kier alpha value is -0.380. The van der Waals surface area contributed by atoms with E-state index in [4.69, 9.17) is 5.73 Å². The first-order valence-corrected chi connectivity index (χ1v) is 7.57. The van der Waals surface area contributed by atoms with Gasteiger partial charge in [-0.05, 0) is 38.3 Å². The summed E-state index contributed by atoms with van der Waals surface area (Å²) in [6.45, 7) is 8.65. The van der Waals surface area contributed by atoms with Crippen LogP contribution in [-0.2, 0) is 0 Å². The summed E-state index contributed by atoms with van der Waals surface area (Å²) in [5, 5.41) is 2.14. The molecule has 0 aliphatic carbocycles. The third-order valence-corrected chi connectivity index (χ3v) is 4.15. The Morgan fingerprint density at radius 1 is 1.35 bits per heavy atom. The Kier molecular flexibility index (Phi) is 6.78. The average molecular weight is 254 g/mol. The van der Waals surface area contributed by atoms with Crippen LogP contribution in [0, 0.1) is 0 Å². The van der Waals surface area contributed by atoms with Gasteiger partial charge in [0, 0.05) is 17.5 Å². The molecule has 0 aliphatic rings. The zero-order valence-electron chi connectivity index (χ0n) is 11.4. The molecular weight excluding hydrogens is 228 g/mol. The van der Waals surface area contributed by atoms with Crippen molar-refractivity contribution in [1.82, 2.24) is 4.90 Å². The highest BCUT2D eigenvalue weighted by molar-refractivity contribution is 7.10. The lowest BCUT2D eigenvalue weighted by Crippen LogP contribution is -2.39. The van der Waals surface area contributed by atoms with Gasteiger partial charge in [-0.2, -0.15) is 0 Å². The number of hydrogen-bond acceptors (Lipinski definition) is 3. The fourth-order valence-corrected chi connectivity index (χ4v) is 3.07. The first kappa shape index (κ1) is 14.7. The Morgan fingerprint density at radius 3 is 2.59 bits per heavy atom. The van der Waals surface area contributed by atoms with E-state index in [0.29, 0.717) is 18.6 Å². The predicted molar refractivity (Wildman–Crippen MR) is 77.5 cm³/mol. The van der Waals surface area contributed by atoms with Crippen molar-refractivity contribution in [3.05, 3.63) is 22.4 Å². The normalized spacial score (nSPS) is 13.5. The SMILES string of the molecule is CCCCCN(C(C)C)C(CN)c1cccs1. The van der Waals surface area contributed by atoms with E-state index in [2.05, 4.69) is 43.2 Å². The smallest absolute Gasteiger partial charge is 0.0566 e. The molecule has 1 aromatic rings.